The predicted molar refractivity (Wildman–Crippen MR) is 107 cm³/mol. The average molecular weight is 414 g/mol. The number of aryl methyl sites for hydroxylation is 1. The second kappa shape index (κ2) is 9.69. The standard InChI is InChI=1S/C22H20F2N2O4/c1-26-12-11-25-21(26)14-29-17-7-3-15(4-8-17)5-9-18(27)16-6-10-19(30-22(23)24)20(13-16)28-2/h3-13,22H,14H2,1-2H3. The van der Waals surface area contributed by atoms with Gasteiger partial charge in [-0.2, -0.15) is 8.78 Å². The van der Waals surface area contributed by atoms with Crippen LogP contribution in [-0.2, 0) is 13.7 Å². The number of benzene rings is 2. The van der Waals surface area contributed by atoms with Gasteiger partial charge in [0.1, 0.15) is 18.2 Å². The van der Waals surface area contributed by atoms with Crippen LogP contribution >= 0.6 is 0 Å². The Morgan fingerprint density at radius 1 is 1.17 bits per heavy atom. The lowest BCUT2D eigenvalue weighted by Crippen LogP contribution is -2.04. The molecule has 0 aliphatic rings. The van der Waals surface area contributed by atoms with Crippen molar-refractivity contribution >= 4 is 11.9 Å². The normalized spacial score (nSPS) is 11.1. The second-order valence-corrected chi connectivity index (χ2v) is 6.25. The van der Waals surface area contributed by atoms with E-state index in [4.69, 9.17) is 9.47 Å². The molecule has 8 heteroatoms. The fourth-order valence-electron chi connectivity index (χ4n) is 2.64. The van der Waals surface area contributed by atoms with E-state index in [1.54, 1.807) is 24.4 Å². The summed E-state index contributed by atoms with van der Waals surface area (Å²) >= 11 is 0. The van der Waals surface area contributed by atoms with Crippen LogP contribution in [0.1, 0.15) is 21.7 Å². The third-order valence-corrected chi connectivity index (χ3v) is 4.26. The van der Waals surface area contributed by atoms with Crippen LogP contribution in [0.5, 0.6) is 17.2 Å². The minimum absolute atomic E-state index is 0.0590. The number of allylic oxidation sites excluding steroid dienone is 1. The number of halogens is 2. The maximum atomic E-state index is 12.4. The summed E-state index contributed by atoms with van der Waals surface area (Å²) in [6.07, 6.45) is 6.60. The van der Waals surface area contributed by atoms with E-state index in [9.17, 15) is 13.6 Å². The van der Waals surface area contributed by atoms with E-state index in [1.165, 1.54) is 31.4 Å². The number of rotatable bonds is 9. The average Bonchev–Trinajstić information content (AvgIpc) is 3.15. The zero-order chi connectivity index (χ0) is 21.5. The fourth-order valence-corrected chi connectivity index (χ4v) is 2.64. The number of carbonyl (C=O) groups excluding carboxylic acids is 1. The fraction of sp³-hybridized carbons (Fsp3) is 0.182. The molecule has 2 aromatic carbocycles. The topological polar surface area (TPSA) is 62.6 Å². The molecule has 0 saturated heterocycles. The number of ketones is 1. The summed E-state index contributed by atoms with van der Waals surface area (Å²) in [5.74, 6) is 1.12. The van der Waals surface area contributed by atoms with Crippen molar-refractivity contribution in [2.24, 2.45) is 7.05 Å². The summed E-state index contributed by atoms with van der Waals surface area (Å²) < 4.78 is 41.7. The number of methoxy groups -OCH3 is 1. The molecule has 0 fully saturated rings. The van der Waals surface area contributed by atoms with Crippen molar-refractivity contribution in [2.45, 2.75) is 13.2 Å². The Morgan fingerprint density at radius 3 is 2.57 bits per heavy atom. The minimum Gasteiger partial charge on any atom is -0.493 e. The predicted octanol–water partition coefficient (Wildman–Crippen LogP) is 4.51. The number of nitrogens with zero attached hydrogens (tertiary/aromatic N) is 2. The third-order valence-electron chi connectivity index (χ3n) is 4.26. The summed E-state index contributed by atoms with van der Waals surface area (Å²) in [4.78, 5) is 16.6. The first kappa shape index (κ1) is 21.0. The van der Waals surface area contributed by atoms with E-state index in [1.807, 2.05) is 29.9 Å². The van der Waals surface area contributed by atoms with Gasteiger partial charge in [-0.05, 0) is 42.0 Å². The van der Waals surface area contributed by atoms with Gasteiger partial charge in [0.25, 0.3) is 0 Å². The van der Waals surface area contributed by atoms with Gasteiger partial charge in [0.2, 0.25) is 0 Å². The van der Waals surface area contributed by atoms with Gasteiger partial charge in [-0.25, -0.2) is 4.98 Å². The van der Waals surface area contributed by atoms with Crippen LogP contribution < -0.4 is 14.2 Å². The number of alkyl halides is 2. The van der Waals surface area contributed by atoms with E-state index in [0.29, 0.717) is 17.9 Å². The van der Waals surface area contributed by atoms with Gasteiger partial charge in [0.15, 0.2) is 17.3 Å². The molecule has 0 aliphatic heterocycles. The molecule has 0 aliphatic carbocycles. The number of carbonyl (C=O) groups is 1. The highest BCUT2D eigenvalue weighted by molar-refractivity contribution is 6.07. The monoisotopic (exact) mass is 414 g/mol. The molecule has 30 heavy (non-hydrogen) atoms. The van der Waals surface area contributed by atoms with Gasteiger partial charge in [0, 0.05) is 25.0 Å². The van der Waals surface area contributed by atoms with Crippen molar-refractivity contribution in [1.82, 2.24) is 9.55 Å². The van der Waals surface area contributed by atoms with Gasteiger partial charge >= 0.3 is 6.61 Å². The zero-order valence-electron chi connectivity index (χ0n) is 16.4. The van der Waals surface area contributed by atoms with Gasteiger partial charge < -0.3 is 18.8 Å². The molecule has 3 rings (SSSR count). The molecule has 0 saturated carbocycles. The summed E-state index contributed by atoms with van der Waals surface area (Å²) in [5, 5.41) is 0. The van der Waals surface area contributed by atoms with Gasteiger partial charge in [-0.3, -0.25) is 4.79 Å². The molecule has 6 nitrogen and oxygen atoms in total. The van der Waals surface area contributed by atoms with Crippen molar-refractivity contribution in [1.29, 1.82) is 0 Å². The maximum absolute atomic E-state index is 12.4. The first-order valence-electron chi connectivity index (χ1n) is 9.00. The number of hydrogen-bond acceptors (Lipinski definition) is 5. The zero-order valence-corrected chi connectivity index (χ0v) is 16.4. The van der Waals surface area contributed by atoms with Crippen LogP contribution in [0.2, 0.25) is 0 Å². The van der Waals surface area contributed by atoms with Gasteiger partial charge in [-0.1, -0.05) is 18.2 Å². The van der Waals surface area contributed by atoms with E-state index >= 15 is 0 Å². The summed E-state index contributed by atoms with van der Waals surface area (Å²) in [5.41, 5.74) is 1.09. The number of aromatic nitrogens is 2. The molecular weight excluding hydrogens is 394 g/mol. The smallest absolute Gasteiger partial charge is 0.387 e. The summed E-state index contributed by atoms with van der Waals surface area (Å²) in [6.45, 7) is -2.62. The Kier molecular flexibility index (Phi) is 6.79. The van der Waals surface area contributed by atoms with Gasteiger partial charge in [-0.15, -0.1) is 0 Å². The lowest BCUT2D eigenvalue weighted by Gasteiger charge is -2.10. The molecule has 3 aromatic rings. The van der Waals surface area contributed by atoms with Gasteiger partial charge in [0.05, 0.1) is 7.11 Å². The van der Waals surface area contributed by atoms with Crippen molar-refractivity contribution in [3.63, 3.8) is 0 Å². The Bertz CT molecular complexity index is 1030. The van der Waals surface area contributed by atoms with Crippen molar-refractivity contribution in [3.8, 4) is 17.2 Å². The number of ether oxygens (including phenoxy) is 3. The Hall–Kier alpha value is -3.68. The molecule has 0 spiro atoms. The maximum Gasteiger partial charge on any atom is 0.387 e. The molecule has 1 heterocycles. The Morgan fingerprint density at radius 2 is 1.93 bits per heavy atom. The Balaban J connectivity index is 1.62. The van der Waals surface area contributed by atoms with Crippen LogP contribution in [0.15, 0.2) is 60.9 Å². The van der Waals surface area contributed by atoms with Crippen LogP contribution in [0.3, 0.4) is 0 Å². The third kappa shape index (κ3) is 5.44. The summed E-state index contributed by atoms with van der Waals surface area (Å²) in [7, 11) is 3.21. The molecule has 0 N–H and O–H groups in total. The molecule has 156 valence electrons. The van der Waals surface area contributed by atoms with E-state index < -0.39 is 6.61 Å². The molecule has 0 atom stereocenters. The minimum atomic E-state index is -2.98. The first-order chi connectivity index (χ1) is 14.5. The highest BCUT2D eigenvalue weighted by Crippen LogP contribution is 2.29. The number of hydrogen-bond donors (Lipinski definition) is 0. The molecular formula is C22H20F2N2O4. The van der Waals surface area contributed by atoms with E-state index in [2.05, 4.69) is 9.72 Å². The molecule has 0 amide bonds. The van der Waals surface area contributed by atoms with Crippen LogP contribution in [0.25, 0.3) is 6.08 Å². The summed E-state index contributed by atoms with van der Waals surface area (Å²) in [6, 6.07) is 11.3. The lowest BCUT2D eigenvalue weighted by molar-refractivity contribution is -0.0512. The SMILES string of the molecule is COc1cc(C(=O)C=Cc2ccc(OCc3nccn3C)cc2)ccc1OC(F)F. The quantitative estimate of drug-likeness (QED) is 0.381. The molecule has 0 unspecified atom stereocenters. The van der Waals surface area contributed by atoms with Crippen molar-refractivity contribution in [3.05, 3.63) is 77.9 Å². The van der Waals surface area contributed by atoms with E-state index in [0.717, 1.165) is 11.4 Å². The number of imidazole rings is 1. The molecule has 0 radical (unpaired) electrons. The largest absolute Gasteiger partial charge is 0.493 e. The second-order valence-electron chi connectivity index (χ2n) is 6.25. The highest BCUT2D eigenvalue weighted by atomic mass is 19.3. The highest BCUT2D eigenvalue weighted by Gasteiger charge is 2.13. The van der Waals surface area contributed by atoms with Crippen molar-refractivity contribution < 1.29 is 27.8 Å². The van der Waals surface area contributed by atoms with Crippen LogP contribution in [-0.4, -0.2) is 29.1 Å². The van der Waals surface area contributed by atoms with E-state index in [-0.39, 0.29) is 17.3 Å². The van der Waals surface area contributed by atoms with Crippen LogP contribution in [0.4, 0.5) is 8.78 Å². The molecule has 0 bridgehead atoms. The Labute approximate surface area is 172 Å². The lowest BCUT2D eigenvalue weighted by atomic mass is 10.1. The molecule has 1 aromatic heterocycles. The first-order valence-corrected chi connectivity index (χ1v) is 9.00. The van der Waals surface area contributed by atoms with Crippen molar-refractivity contribution in [2.75, 3.05) is 7.11 Å². The van der Waals surface area contributed by atoms with Crippen LogP contribution in [0, 0.1) is 0 Å².